The number of halogens is 5. The van der Waals surface area contributed by atoms with Crippen molar-refractivity contribution in [3.8, 4) is 17.1 Å². The van der Waals surface area contributed by atoms with Crippen LogP contribution in [0.15, 0.2) is 18.2 Å². The fraction of sp³-hybridized carbons (Fsp3) is 0.400. The van der Waals surface area contributed by atoms with E-state index in [0.717, 1.165) is 36.8 Å². The third kappa shape index (κ3) is 5.40. The van der Waals surface area contributed by atoms with Crippen molar-refractivity contribution in [2.45, 2.75) is 57.3 Å². The van der Waals surface area contributed by atoms with E-state index in [1.807, 2.05) is 0 Å². The maximum absolute atomic E-state index is 16.4. The highest BCUT2D eigenvalue weighted by atomic mass is 35.5. The Kier molecular flexibility index (Phi) is 7.81. The lowest BCUT2D eigenvalue weighted by atomic mass is 9.95. The molecule has 0 spiro atoms. The Balaban J connectivity index is 1.43. The van der Waals surface area contributed by atoms with Gasteiger partial charge < -0.3 is 9.47 Å². The molecule has 2 atom stereocenters. The van der Waals surface area contributed by atoms with Crippen molar-refractivity contribution in [1.29, 1.82) is 0 Å². The van der Waals surface area contributed by atoms with Gasteiger partial charge in [0.2, 0.25) is 5.69 Å². The van der Waals surface area contributed by atoms with Crippen LogP contribution in [0.25, 0.3) is 37.0 Å². The molecule has 0 bridgehead atoms. The van der Waals surface area contributed by atoms with E-state index in [2.05, 4.69) is 25.0 Å². The highest BCUT2D eigenvalue weighted by Gasteiger charge is 2.49. The topological polar surface area (TPSA) is 80.9 Å². The van der Waals surface area contributed by atoms with Gasteiger partial charge in [0, 0.05) is 29.3 Å². The van der Waals surface area contributed by atoms with E-state index in [1.54, 1.807) is 20.8 Å². The Morgan fingerprint density at radius 1 is 1.30 bits per heavy atom. The minimum atomic E-state index is -0.952. The summed E-state index contributed by atoms with van der Waals surface area (Å²) < 4.78 is 56.9. The molecular weight excluding hydrogens is 638 g/mol. The van der Waals surface area contributed by atoms with Crippen LogP contribution >= 0.6 is 34.5 Å². The first-order valence-electron chi connectivity index (χ1n) is 13.8. The highest BCUT2D eigenvalue weighted by molar-refractivity contribution is 7.24. The SMILES string of the molecule is [C-]#[N+]c1c(NC(=O)OC(C)(C)C)sc2c(F)ccc(-c3c(Cl)cc4c(Cl)nc(OC[C@@]56CCCN5C[C@H](F)C6)nc4c3F)c12. The molecule has 6 rings (SSSR count). The summed E-state index contributed by atoms with van der Waals surface area (Å²) in [7, 11) is 0. The molecule has 0 saturated carbocycles. The number of nitrogens with zero attached hydrogens (tertiary/aromatic N) is 4. The largest absolute Gasteiger partial charge is 0.461 e. The summed E-state index contributed by atoms with van der Waals surface area (Å²) in [6.45, 7) is 14.1. The summed E-state index contributed by atoms with van der Waals surface area (Å²) in [6, 6.07) is 3.66. The zero-order chi connectivity index (χ0) is 31.6. The molecule has 2 aromatic carbocycles. The van der Waals surface area contributed by atoms with Crippen LogP contribution < -0.4 is 10.1 Å². The predicted molar refractivity (Wildman–Crippen MR) is 165 cm³/mol. The monoisotopic (exact) mass is 663 g/mol. The minimum absolute atomic E-state index is 0.0166. The molecule has 4 heterocycles. The van der Waals surface area contributed by atoms with Crippen molar-refractivity contribution in [2.24, 2.45) is 0 Å². The zero-order valence-corrected chi connectivity index (χ0v) is 26.2. The van der Waals surface area contributed by atoms with E-state index in [4.69, 9.17) is 39.2 Å². The van der Waals surface area contributed by atoms with Crippen LogP contribution in [0.1, 0.15) is 40.0 Å². The number of anilines is 1. The quantitative estimate of drug-likeness (QED) is 0.170. The molecule has 8 nitrogen and oxygen atoms in total. The second kappa shape index (κ2) is 11.2. The van der Waals surface area contributed by atoms with E-state index < -0.39 is 35.0 Å². The molecule has 1 amide bonds. The van der Waals surface area contributed by atoms with Gasteiger partial charge in [0.15, 0.2) is 5.82 Å². The van der Waals surface area contributed by atoms with Gasteiger partial charge >= 0.3 is 12.1 Å². The summed E-state index contributed by atoms with van der Waals surface area (Å²) in [6.07, 6.45) is 0.231. The van der Waals surface area contributed by atoms with Crippen molar-refractivity contribution >= 4 is 72.3 Å². The van der Waals surface area contributed by atoms with Crippen LogP contribution in [0.2, 0.25) is 10.2 Å². The van der Waals surface area contributed by atoms with E-state index in [9.17, 15) is 9.18 Å². The number of ether oxygens (including phenoxy) is 2. The van der Waals surface area contributed by atoms with Crippen molar-refractivity contribution in [3.05, 3.63) is 51.4 Å². The van der Waals surface area contributed by atoms with E-state index in [0.29, 0.717) is 13.0 Å². The lowest BCUT2D eigenvalue weighted by molar-refractivity contribution is 0.0636. The standard InChI is InChI=1S/C30H26Cl2F3N5O3S/c1-29(2,3)43-28(41)39-26-23(36-4)20-15(6-7-18(34)24(20)44-26)19-17(31)10-16-22(21(19)35)37-27(38-25(16)32)42-13-30-8-5-9-40(30)12-14(33)11-30/h6-7,10,14H,5,8-9,11-13H2,1-3H3,(H,39,41)/t14-,30+/m1/s1. The van der Waals surface area contributed by atoms with E-state index >= 15 is 8.78 Å². The zero-order valence-electron chi connectivity index (χ0n) is 23.9. The Bertz CT molecular complexity index is 1880. The number of alkyl halides is 1. The van der Waals surface area contributed by atoms with Crippen molar-refractivity contribution in [1.82, 2.24) is 14.9 Å². The Labute approximate surface area is 264 Å². The molecule has 14 heteroatoms. The van der Waals surface area contributed by atoms with Crippen molar-refractivity contribution < 1.29 is 27.4 Å². The van der Waals surface area contributed by atoms with Crippen LogP contribution in [-0.2, 0) is 4.74 Å². The smallest absolute Gasteiger partial charge is 0.411 e. The Hall–Kier alpha value is -3.37. The summed E-state index contributed by atoms with van der Waals surface area (Å²) in [4.78, 5) is 26.6. The Morgan fingerprint density at radius 3 is 2.80 bits per heavy atom. The van der Waals surface area contributed by atoms with Crippen molar-refractivity contribution in [3.63, 3.8) is 0 Å². The number of fused-ring (bicyclic) bond motifs is 3. The van der Waals surface area contributed by atoms with Crippen LogP contribution in [0.4, 0.5) is 28.7 Å². The normalized spacial score (nSPS) is 20.2. The highest BCUT2D eigenvalue weighted by Crippen LogP contribution is 2.50. The first kappa shape index (κ1) is 30.6. The second-order valence-electron chi connectivity index (χ2n) is 11.9. The average Bonchev–Trinajstić information content (AvgIpc) is 3.58. The van der Waals surface area contributed by atoms with Gasteiger partial charge in [-0.3, -0.25) is 10.2 Å². The van der Waals surface area contributed by atoms with Gasteiger partial charge in [-0.2, -0.15) is 9.97 Å². The van der Waals surface area contributed by atoms with Crippen molar-refractivity contribution in [2.75, 3.05) is 25.0 Å². The third-order valence-corrected chi connectivity index (χ3v) is 9.50. The third-order valence-electron chi connectivity index (χ3n) is 7.81. The Morgan fingerprint density at radius 2 is 2.07 bits per heavy atom. The molecule has 4 aromatic rings. The number of amides is 1. The fourth-order valence-corrected chi connectivity index (χ4v) is 7.62. The van der Waals surface area contributed by atoms with Gasteiger partial charge in [0.25, 0.3) is 0 Å². The minimum Gasteiger partial charge on any atom is -0.461 e. The second-order valence-corrected chi connectivity index (χ2v) is 13.7. The fourth-order valence-electron chi connectivity index (χ4n) is 6.05. The molecule has 2 aromatic heterocycles. The molecule has 0 aliphatic carbocycles. The molecule has 1 N–H and O–H groups in total. The number of hydrogen-bond acceptors (Lipinski definition) is 7. The molecular formula is C30H26Cl2F3N5O3S. The van der Waals surface area contributed by atoms with Gasteiger partial charge in [-0.05, 0) is 57.9 Å². The molecule has 2 saturated heterocycles. The summed E-state index contributed by atoms with van der Waals surface area (Å²) >= 11 is 13.8. The number of thiophene rings is 1. The molecule has 2 aliphatic heterocycles. The lowest BCUT2D eigenvalue weighted by Crippen LogP contribution is -2.43. The van der Waals surface area contributed by atoms with Crippen LogP contribution in [0, 0.1) is 18.2 Å². The summed E-state index contributed by atoms with van der Waals surface area (Å²) in [5.74, 6) is -1.55. The van der Waals surface area contributed by atoms with E-state index in [1.165, 1.54) is 12.1 Å². The molecule has 0 radical (unpaired) electrons. The molecule has 0 unspecified atom stereocenters. The van der Waals surface area contributed by atoms with Gasteiger partial charge in [-0.25, -0.2) is 22.8 Å². The first-order chi connectivity index (χ1) is 20.8. The van der Waals surface area contributed by atoms with Gasteiger partial charge in [0.1, 0.15) is 39.9 Å². The van der Waals surface area contributed by atoms with E-state index in [-0.39, 0.29) is 65.6 Å². The summed E-state index contributed by atoms with van der Waals surface area (Å²) in [5.41, 5.74) is -1.62. The maximum atomic E-state index is 16.4. The summed E-state index contributed by atoms with van der Waals surface area (Å²) in [5, 5.41) is 2.56. The number of benzene rings is 2. The maximum Gasteiger partial charge on any atom is 0.411 e. The van der Waals surface area contributed by atoms with Crippen LogP contribution in [-0.4, -0.2) is 58.0 Å². The molecule has 230 valence electrons. The van der Waals surface area contributed by atoms with Gasteiger partial charge in [-0.15, -0.1) is 11.3 Å². The first-order valence-corrected chi connectivity index (χ1v) is 15.4. The number of carbonyl (C=O) groups is 1. The number of nitrogens with one attached hydrogen (secondary N) is 1. The lowest BCUT2D eigenvalue weighted by Gasteiger charge is -2.30. The molecule has 44 heavy (non-hydrogen) atoms. The predicted octanol–water partition coefficient (Wildman–Crippen LogP) is 8.95. The number of carbonyl (C=O) groups excluding carboxylic acids is 1. The number of hydrogen-bond donors (Lipinski definition) is 1. The van der Waals surface area contributed by atoms with Crippen LogP contribution in [0.5, 0.6) is 6.01 Å². The number of aromatic nitrogens is 2. The van der Waals surface area contributed by atoms with Gasteiger partial charge in [0.05, 0.1) is 21.8 Å². The van der Waals surface area contributed by atoms with Gasteiger partial charge in [-0.1, -0.05) is 29.3 Å². The molecule has 2 fully saturated rings. The van der Waals surface area contributed by atoms with Crippen LogP contribution in [0.3, 0.4) is 0 Å². The molecule has 2 aliphatic rings. The average molecular weight is 665 g/mol. The number of rotatable bonds is 5.